The maximum absolute atomic E-state index is 5.49. The molecule has 1 aliphatic rings. The molecule has 0 aliphatic heterocycles. The highest BCUT2D eigenvalue weighted by Gasteiger charge is 2.27. The summed E-state index contributed by atoms with van der Waals surface area (Å²) in [6.07, 6.45) is 3.65. The topological polar surface area (TPSA) is 21.3 Å². The SMILES string of the molecule is CCOCCC1CCc2ccccc2C1NC. The Morgan fingerprint density at radius 2 is 2.18 bits per heavy atom. The second kappa shape index (κ2) is 6.18. The normalized spacial score (nSPS) is 23.4. The first kappa shape index (κ1) is 12.6. The van der Waals surface area contributed by atoms with Gasteiger partial charge in [-0.3, -0.25) is 0 Å². The van der Waals surface area contributed by atoms with E-state index in [1.54, 1.807) is 0 Å². The second-order valence-corrected chi connectivity index (χ2v) is 4.75. The maximum Gasteiger partial charge on any atom is 0.0469 e. The zero-order valence-electron chi connectivity index (χ0n) is 10.9. The van der Waals surface area contributed by atoms with Crippen LogP contribution in [-0.2, 0) is 11.2 Å². The molecule has 0 saturated heterocycles. The Balaban J connectivity index is 2.06. The van der Waals surface area contributed by atoms with Crippen molar-refractivity contribution >= 4 is 0 Å². The van der Waals surface area contributed by atoms with Crippen molar-refractivity contribution in [3.63, 3.8) is 0 Å². The van der Waals surface area contributed by atoms with Gasteiger partial charge in [-0.25, -0.2) is 0 Å². The van der Waals surface area contributed by atoms with Crippen LogP contribution in [0.15, 0.2) is 24.3 Å². The molecule has 1 aromatic carbocycles. The highest BCUT2D eigenvalue weighted by Crippen LogP contribution is 2.35. The maximum atomic E-state index is 5.49. The predicted octanol–water partition coefficient (Wildman–Crippen LogP) is 2.94. The van der Waals surface area contributed by atoms with E-state index in [-0.39, 0.29) is 0 Å². The lowest BCUT2D eigenvalue weighted by molar-refractivity contribution is 0.121. The van der Waals surface area contributed by atoms with Crippen molar-refractivity contribution in [2.45, 2.75) is 32.2 Å². The second-order valence-electron chi connectivity index (χ2n) is 4.75. The lowest BCUT2D eigenvalue weighted by Crippen LogP contribution is -2.30. The zero-order valence-corrected chi connectivity index (χ0v) is 10.9. The first-order valence-corrected chi connectivity index (χ1v) is 6.69. The first-order valence-electron chi connectivity index (χ1n) is 6.69. The fourth-order valence-corrected chi connectivity index (χ4v) is 2.91. The van der Waals surface area contributed by atoms with Gasteiger partial charge in [0.2, 0.25) is 0 Å². The Labute approximate surface area is 104 Å². The van der Waals surface area contributed by atoms with E-state index in [1.165, 1.54) is 24.0 Å². The van der Waals surface area contributed by atoms with Gasteiger partial charge in [0.1, 0.15) is 0 Å². The van der Waals surface area contributed by atoms with Gasteiger partial charge in [0.05, 0.1) is 0 Å². The van der Waals surface area contributed by atoms with Gasteiger partial charge in [0.25, 0.3) is 0 Å². The third-order valence-corrected chi connectivity index (χ3v) is 3.79. The molecule has 0 radical (unpaired) electrons. The van der Waals surface area contributed by atoms with Crippen molar-refractivity contribution in [3.8, 4) is 0 Å². The van der Waals surface area contributed by atoms with Crippen LogP contribution in [-0.4, -0.2) is 20.3 Å². The predicted molar refractivity (Wildman–Crippen MR) is 71.2 cm³/mol. The molecule has 2 unspecified atom stereocenters. The monoisotopic (exact) mass is 233 g/mol. The van der Waals surface area contributed by atoms with Crippen LogP contribution in [0.2, 0.25) is 0 Å². The van der Waals surface area contributed by atoms with Gasteiger partial charge in [-0.05, 0) is 50.3 Å². The van der Waals surface area contributed by atoms with Crippen LogP contribution in [0.1, 0.15) is 36.9 Å². The number of aryl methyl sites for hydroxylation is 1. The molecule has 0 fully saturated rings. The van der Waals surface area contributed by atoms with E-state index in [0.717, 1.165) is 19.6 Å². The van der Waals surface area contributed by atoms with Gasteiger partial charge in [-0.1, -0.05) is 24.3 Å². The molecule has 2 atom stereocenters. The summed E-state index contributed by atoms with van der Waals surface area (Å²) >= 11 is 0. The third-order valence-electron chi connectivity index (χ3n) is 3.79. The number of hydrogen-bond donors (Lipinski definition) is 1. The molecule has 94 valence electrons. The minimum absolute atomic E-state index is 0.500. The molecule has 0 saturated carbocycles. The van der Waals surface area contributed by atoms with Crippen molar-refractivity contribution in [1.82, 2.24) is 5.32 Å². The quantitative estimate of drug-likeness (QED) is 0.790. The van der Waals surface area contributed by atoms with E-state index in [4.69, 9.17) is 4.74 Å². The molecular formula is C15H23NO. The molecule has 1 aliphatic carbocycles. The molecule has 0 amide bonds. The van der Waals surface area contributed by atoms with Crippen LogP contribution in [0.5, 0.6) is 0 Å². The van der Waals surface area contributed by atoms with Crippen LogP contribution in [0.4, 0.5) is 0 Å². The zero-order chi connectivity index (χ0) is 12.1. The van der Waals surface area contributed by atoms with E-state index in [0.29, 0.717) is 12.0 Å². The molecule has 0 heterocycles. The summed E-state index contributed by atoms with van der Waals surface area (Å²) < 4.78 is 5.49. The van der Waals surface area contributed by atoms with Crippen LogP contribution < -0.4 is 5.32 Å². The van der Waals surface area contributed by atoms with Crippen LogP contribution >= 0.6 is 0 Å². The Hall–Kier alpha value is -0.860. The molecule has 2 heteroatoms. The van der Waals surface area contributed by atoms with Crippen LogP contribution in [0.3, 0.4) is 0 Å². The van der Waals surface area contributed by atoms with E-state index in [9.17, 15) is 0 Å². The van der Waals surface area contributed by atoms with Crippen LogP contribution in [0.25, 0.3) is 0 Å². The van der Waals surface area contributed by atoms with Crippen LogP contribution in [0, 0.1) is 5.92 Å². The first-order chi connectivity index (χ1) is 8.36. The molecule has 1 aromatic rings. The summed E-state index contributed by atoms with van der Waals surface area (Å²) in [4.78, 5) is 0. The Kier molecular flexibility index (Phi) is 4.57. The van der Waals surface area contributed by atoms with Crippen molar-refractivity contribution in [2.24, 2.45) is 5.92 Å². The third kappa shape index (κ3) is 2.88. The minimum Gasteiger partial charge on any atom is -0.382 e. The summed E-state index contributed by atoms with van der Waals surface area (Å²) in [5.41, 5.74) is 3.00. The highest BCUT2D eigenvalue weighted by molar-refractivity contribution is 5.32. The highest BCUT2D eigenvalue weighted by atomic mass is 16.5. The number of benzene rings is 1. The van der Waals surface area contributed by atoms with E-state index >= 15 is 0 Å². The molecule has 17 heavy (non-hydrogen) atoms. The Morgan fingerprint density at radius 3 is 2.94 bits per heavy atom. The van der Waals surface area contributed by atoms with Crippen molar-refractivity contribution in [1.29, 1.82) is 0 Å². The molecule has 0 bridgehead atoms. The summed E-state index contributed by atoms with van der Waals surface area (Å²) in [5.74, 6) is 0.710. The minimum atomic E-state index is 0.500. The standard InChI is InChI=1S/C15H23NO/c1-3-17-11-10-13-9-8-12-6-4-5-7-14(12)15(13)16-2/h4-7,13,15-16H,3,8-11H2,1-2H3. The number of ether oxygens (including phenoxy) is 1. The molecule has 0 spiro atoms. The fourth-order valence-electron chi connectivity index (χ4n) is 2.91. The van der Waals surface area contributed by atoms with E-state index in [1.807, 2.05) is 0 Å². The molecule has 2 rings (SSSR count). The van der Waals surface area contributed by atoms with Gasteiger partial charge in [0, 0.05) is 19.3 Å². The number of nitrogens with one attached hydrogen (secondary N) is 1. The van der Waals surface area contributed by atoms with E-state index < -0.39 is 0 Å². The average molecular weight is 233 g/mol. The molecule has 0 aromatic heterocycles. The van der Waals surface area contributed by atoms with Crippen molar-refractivity contribution in [2.75, 3.05) is 20.3 Å². The lowest BCUT2D eigenvalue weighted by Gasteiger charge is -2.33. The Morgan fingerprint density at radius 1 is 1.35 bits per heavy atom. The summed E-state index contributed by atoms with van der Waals surface area (Å²) in [6, 6.07) is 9.32. The number of rotatable bonds is 5. The summed E-state index contributed by atoms with van der Waals surface area (Å²) in [6.45, 7) is 3.78. The smallest absolute Gasteiger partial charge is 0.0469 e. The van der Waals surface area contributed by atoms with Gasteiger partial charge >= 0.3 is 0 Å². The van der Waals surface area contributed by atoms with Gasteiger partial charge in [-0.2, -0.15) is 0 Å². The lowest BCUT2D eigenvalue weighted by atomic mass is 9.78. The van der Waals surface area contributed by atoms with Gasteiger partial charge in [0.15, 0.2) is 0 Å². The molecule has 2 nitrogen and oxygen atoms in total. The average Bonchev–Trinajstić information content (AvgIpc) is 2.38. The van der Waals surface area contributed by atoms with Crippen molar-refractivity contribution in [3.05, 3.63) is 35.4 Å². The molecular weight excluding hydrogens is 210 g/mol. The Bertz CT molecular complexity index is 351. The summed E-state index contributed by atoms with van der Waals surface area (Å²) in [7, 11) is 2.07. The van der Waals surface area contributed by atoms with E-state index in [2.05, 4.69) is 43.6 Å². The van der Waals surface area contributed by atoms with Gasteiger partial charge < -0.3 is 10.1 Å². The fraction of sp³-hybridized carbons (Fsp3) is 0.600. The summed E-state index contributed by atoms with van der Waals surface area (Å²) in [5, 5.41) is 3.48. The largest absolute Gasteiger partial charge is 0.382 e. The van der Waals surface area contributed by atoms with Gasteiger partial charge in [-0.15, -0.1) is 0 Å². The number of fused-ring (bicyclic) bond motifs is 1. The number of hydrogen-bond acceptors (Lipinski definition) is 2. The molecule has 1 N–H and O–H groups in total. The van der Waals surface area contributed by atoms with Crippen molar-refractivity contribution < 1.29 is 4.74 Å².